The molecule has 3 heterocycles. The Morgan fingerprint density at radius 2 is 1.81 bits per heavy atom. The minimum absolute atomic E-state index is 0.00253. The van der Waals surface area contributed by atoms with E-state index in [9.17, 15) is 13.2 Å². The molecular weight excluding hydrogens is 454 g/mol. The van der Waals surface area contributed by atoms with Crippen molar-refractivity contribution in [3.63, 3.8) is 0 Å². The van der Waals surface area contributed by atoms with Crippen LogP contribution in [0.5, 0.6) is 0 Å². The Hall–Kier alpha value is -2.95. The molecule has 2 aromatic carbocycles. The lowest BCUT2D eigenvalue weighted by molar-refractivity contribution is -0.132. The highest BCUT2D eigenvalue weighted by atomic mass is 35.5. The minimum Gasteiger partial charge on any atom is -0.361 e. The molecule has 1 amide bonds. The Kier molecular flexibility index (Phi) is 5.36. The number of amides is 1. The molecule has 0 spiro atoms. The Morgan fingerprint density at radius 1 is 1.06 bits per heavy atom. The third kappa shape index (κ3) is 3.64. The van der Waals surface area contributed by atoms with Gasteiger partial charge in [0.05, 0.1) is 5.02 Å². The Morgan fingerprint density at radius 3 is 2.62 bits per heavy atom. The van der Waals surface area contributed by atoms with E-state index in [0.717, 1.165) is 16.5 Å². The molecule has 0 radical (unpaired) electrons. The topological polar surface area (TPSA) is 112 Å². The van der Waals surface area contributed by atoms with Crippen LogP contribution in [0.25, 0.3) is 21.9 Å². The van der Waals surface area contributed by atoms with E-state index in [4.69, 9.17) is 11.6 Å². The number of aromatic nitrogens is 3. The molecule has 5 rings (SSSR count). The number of hydrogen-bond donors (Lipinski definition) is 1. The van der Waals surface area contributed by atoms with E-state index in [-0.39, 0.29) is 39.9 Å². The summed E-state index contributed by atoms with van der Waals surface area (Å²) in [5.41, 5.74) is 2.46. The molecule has 1 fully saturated rings. The van der Waals surface area contributed by atoms with Crippen LogP contribution >= 0.6 is 11.6 Å². The van der Waals surface area contributed by atoms with E-state index in [0.29, 0.717) is 25.9 Å². The summed E-state index contributed by atoms with van der Waals surface area (Å²) in [6, 6.07) is 10.9. The van der Waals surface area contributed by atoms with Gasteiger partial charge < -0.3 is 9.88 Å². The van der Waals surface area contributed by atoms with Gasteiger partial charge in [-0.1, -0.05) is 29.8 Å². The average molecular weight is 474 g/mol. The number of nitrogens with one attached hydrogen (secondary N) is 1. The molecule has 2 aromatic heterocycles. The number of benzene rings is 2. The Labute approximate surface area is 188 Å². The van der Waals surface area contributed by atoms with Crippen molar-refractivity contribution in [1.29, 1.82) is 0 Å². The van der Waals surface area contributed by atoms with E-state index in [1.54, 1.807) is 4.90 Å². The molecule has 166 valence electrons. The first kappa shape index (κ1) is 20.9. The molecule has 0 saturated carbocycles. The number of sulfonamides is 1. The van der Waals surface area contributed by atoms with Gasteiger partial charge >= 0.3 is 0 Å². The van der Waals surface area contributed by atoms with E-state index in [1.807, 2.05) is 30.5 Å². The quantitative estimate of drug-likeness (QED) is 0.477. The van der Waals surface area contributed by atoms with Crippen molar-refractivity contribution in [2.45, 2.75) is 17.7 Å². The lowest BCUT2D eigenvalue weighted by atomic mass is 10.1. The number of hydrogen-bond acceptors (Lipinski definition) is 6. The molecule has 0 bridgehead atoms. The maximum Gasteiger partial charge on any atom is 0.245 e. The molecule has 11 heteroatoms. The van der Waals surface area contributed by atoms with Gasteiger partial charge in [0.1, 0.15) is 4.90 Å². The lowest BCUT2D eigenvalue weighted by Gasteiger charge is -2.34. The summed E-state index contributed by atoms with van der Waals surface area (Å²) in [6.07, 6.45) is 2.94. The number of aromatic amines is 1. The molecule has 1 saturated heterocycles. The van der Waals surface area contributed by atoms with Gasteiger partial charge in [-0.05, 0) is 40.5 Å². The lowest BCUT2D eigenvalue weighted by Crippen LogP contribution is -2.50. The fourth-order valence-electron chi connectivity index (χ4n) is 4.08. The SMILES string of the molecule is O=C(CCc1c[nH]c2ccccc12)N1CCN(S(=O)(=O)c2ccc(Cl)c3nonc23)CC1. The molecule has 1 aliphatic heterocycles. The molecule has 0 atom stereocenters. The predicted molar refractivity (Wildman–Crippen MR) is 119 cm³/mol. The van der Waals surface area contributed by atoms with E-state index < -0.39 is 10.0 Å². The highest BCUT2D eigenvalue weighted by Crippen LogP contribution is 2.29. The number of aryl methyl sites for hydroxylation is 1. The highest BCUT2D eigenvalue weighted by Gasteiger charge is 2.32. The maximum atomic E-state index is 13.2. The van der Waals surface area contributed by atoms with Crippen LogP contribution in [0.1, 0.15) is 12.0 Å². The summed E-state index contributed by atoms with van der Waals surface area (Å²) < 4.78 is 32.4. The van der Waals surface area contributed by atoms with E-state index >= 15 is 0 Å². The fourth-order valence-corrected chi connectivity index (χ4v) is 5.80. The number of halogens is 1. The van der Waals surface area contributed by atoms with Crippen LogP contribution in [0.15, 0.2) is 52.1 Å². The third-order valence-corrected chi connectivity index (χ3v) is 8.06. The Balaban J connectivity index is 1.24. The van der Waals surface area contributed by atoms with Gasteiger partial charge in [-0.3, -0.25) is 4.79 Å². The van der Waals surface area contributed by atoms with Crippen molar-refractivity contribution < 1.29 is 17.8 Å². The van der Waals surface area contributed by atoms with E-state index in [1.165, 1.54) is 16.4 Å². The Bertz CT molecular complexity index is 1410. The van der Waals surface area contributed by atoms with Crippen molar-refractivity contribution in [3.8, 4) is 0 Å². The second-order valence-electron chi connectivity index (χ2n) is 7.65. The smallest absolute Gasteiger partial charge is 0.245 e. The monoisotopic (exact) mass is 473 g/mol. The number of fused-ring (bicyclic) bond motifs is 2. The third-order valence-electron chi connectivity index (χ3n) is 5.82. The second-order valence-corrected chi connectivity index (χ2v) is 9.96. The molecule has 0 unspecified atom stereocenters. The van der Waals surface area contributed by atoms with Gasteiger partial charge in [-0.25, -0.2) is 13.0 Å². The number of nitrogens with zero attached hydrogens (tertiary/aromatic N) is 4. The zero-order valence-corrected chi connectivity index (χ0v) is 18.6. The van der Waals surface area contributed by atoms with Crippen molar-refractivity contribution in [2.24, 2.45) is 0 Å². The molecular formula is C21H20ClN5O4S. The van der Waals surface area contributed by atoms with Gasteiger partial charge in [-0.2, -0.15) is 4.31 Å². The first-order valence-electron chi connectivity index (χ1n) is 10.2. The van der Waals surface area contributed by atoms with Crippen LogP contribution in [0.2, 0.25) is 5.02 Å². The normalized spacial score (nSPS) is 15.6. The largest absolute Gasteiger partial charge is 0.361 e. The fraction of sp³-hybridized carbons (Fsp3) is 0.286. The van der Waals surface area contributed by atoms with Gasteiger partial charge in [0.15, 0.2) is 11.0 Å². The van der Waals surface area contributed by atoms with Crippen LogP contribution < -0.4 is 0 Å². The van der Waals surface area contributed by atoms with Gasteiger partial charge in [0, 0.05) is 49.7 Å². The molecule has 9 nitrogen and oxygen atoms in total. The highest BCUT2D eigenvalue weighted by molar-refractivity contribution is 7.89. The number of para-hydroxylation sites is 1. The zero-order chi connectivity index (χ0) is 22.3. The van der Waals surface area contributed by atoms with Crippen LogP contribution in [-0.4, -0.2) is 65.0 Å². The number of rotatable bonds is 5. The van der Waals surface area contributed by atoms with Crippen LogP contribution in [0.3, 0.4) is 0 Å². The van der Waals surface area contributed by atoms with Crippen LogP contribution in [0.4, 0.5) is 0 Å². The van der Waals surface area contributed by atoms with Crippen molar-refractivity contribution in [2.75, 3.05) is 26.2 Å². The first-order chi connectivity index (χ1) is 15.4. The average Bonchev–Trinajstić information content (AvgIpc) is 3.46. The summed E-state index contributed by atoms with van der Waals surface area (Å²) in [5.74, 6) is 0.0157. The molecule has 4 aromatic rings. The number of H-pyrrole nitrogens is 1. The first-order valence-corrected chi connectivity index (χ1v) is 12.0. The summed E-state index contributed by atoms with van der Waals surface area (Å²) in [4.78, 5) is 17.7. The van der Waals surface area contributed by atoms with Crippen molar-refractivity contribution >= 4 is 49.5 Å². The summed E-state index contributed by atoms with van der Waals surface area (Å²) in [6.45, 7) is 1.08. The van der Waals surface area contributed by atoms with Gasteiger partial charge in [0.2, 0.25) is 15.9 Å². The number of carbonyl (C=O) groups excluding carboxylic acids is 1. The molecule has 1 aliphatic rings. The summed E-state index contributed by atoms with van der Waals surface area (Å²) >= 11 is 6.04. The predicted octanol–water partition coefficient (Wildman–Crippen LogP) is 2.82. The van der Waals surface area contributed by atoms with Gasteiger partial charge in [0.25, 0.3) is 0 Å². The standard InChI is InChI=1S/C21H20ClN5O4S/c22-16-6-7-18(21-20(16)24-31-25-21)32(29,30)27-11-9-26(10-12-27)19(28)8-5-14-13-23-17-4-2-1-3-15(14)17/h1-4,6-7,13,23H,5,8-12H2. The molecule has 0 aliphatic carbocycles. The summed E-state index contributed by atoms with van der Waals surface area (Å²) in [5, 5.41) is 8.78. The van der Waals surface area contributed by atoms with E-state index in [2.05, 4.69) is 19.9 Å². The minimum atomic E-state index is -3.83. The van der Waals surface area contributed by atoms with Crippen LogP contribution in [-0.2, 0) is 21.2 Å². The molecule has 32 heavy (non-hydrogen) atoms. The second kappa shape index (κ2) is 8.19. The van der Waals surface area contributed by atoms with Gasteiger partial charge in [-0.15, -0.1) is 0 Å². The van der Waals surface area contributed by atoms with Crippen LogP contribution in [0, 0.1) is 0 Å². The number of carbonyl (C=O) groups is 1. The summed E-state index contributed by atoms with van der Waals surface area (Å²) in [7, 11) is -3.83. The number of piperazine rings is 1. The zero-order valence-electron chi connectivity index (χ0n) is 17.0. The maximum absolute atomic E-state index is 13.2. The molecule has 1 N–H and O–H groups in total. The van der Waals surface area contributed by atoms with Crippen molar-refractivity contribution in [3.05, 3.63) is 53.2 Å². The van der Waals surface area contributed by atoms with Crippen molar-refractivity contribution in [1.82, 2.24) is 24.5 Å².